The van der Waals surface area contributed by atoms with Gasteiger partial charge in [0, 0.05) is 13.6 Å². The van der Waals surface area contributed by atoms with Crippen LogP contribution < -0.4 is 4.90 Å². The van der Waals surface area contributed by atoms with Crippen molar-refractivity contribution in [1.29, 1.82) is 5.26 Å². The predicted molar refractivity (Wildman–Crippen MR) is 81.4 cm³/mol. The van der Waals surface area contributed by atoms with Crippen molar-refractivity contribution in [3.63, 3.8) is 0 Å². The van der Waals surface area contributed by atoms with Crippen LogP contribution in [0.2, 0.25) is 0 Å². The van der Waals surface area contributed by atoms with Gasteiger partial charge >= 0.3 is 5.97 Å². The summed E-state index contributed by atoms with van der Waals surface area (Å²) in [5.41, 5.74) is 3.85. The summed E-state index contributed by atoms with van der Waals surface area (Å²) < 4.78 is 0. The van der Waals surface area contributed by atoms with E-state index in [1.807, 2.05) is 31.0 Å². The Hall–Kier alpha value is -2.80. The number of aromatic carboxylic acids is 1. The highest BCUT2D eigenvalue weighted by molar-refractivity contribution is 5.87. The fourth-order valence-corrected chi connectivity index (χ4v) is 2.36. The van der Waals surface area contributed by atoms with Gasteiger partial charge in [-0.2, -0.15) is 5.26 Å². The number of nitriles is 1. The van der Waals surface area contributed by atoms with Crippen LogP contribution in [0, 0.1) is 18.3 Å². The van der Waals surface area contributed by atoms with Gasteiger partial charge in [-0.05, 0) is 36.2 Å². The van der Waals surface area contributed by atoms with E-state index < -0.39 is 5.97 Å². The highest BCUT2D eigenvalue weighted by Gasteiger charge is 2.11. The molecule has 0 radical (unpaired) electrons. The SMILES string of the molecule is Cc1cccc(C#N)c1N(C)Cc1ccc(C(=O)O)cc1. The van der Waals surface area contributed by atoms with Crippen molar-refractivity contribution >= 4 is 11.7 Å². The molecule has 0 aliphatic rings. The lowest BCUT2D eigenvalue weighted by atomic mass is 10.1. The van der Waals surface area contributed by atoms with Gasteiger partial charge in [-0.25, -0.2) is 4.79 Å². The number of aryl methyl sites for hydroxylation is 1. The molecule has 0 saturated carbocycles. The molecule has 0 bridgehead atoms. The second-order valence-electron chi connectivity index (χ2n) is 4.94. The van der Waals surface area contributed by atoms with E-state index in [9.17, 15) is 10.1 Å². The van der Waals surface area contributed by atoms with E-state index in [1.165, 1.54) is 0 Å². The molecule has 4 nitrogen and oxygen atoms in total. The summed E-state index contributed by atoms with van der Waals surface area (Å²) in [6, 6.07) is 14.6. The number of para-hydroxylation sites is 1. The largest absolute Gasteiger partial charge is 0.478 e. The summed E-state index contributed by atoms with van der Waals surface area (Å²) in [5, 5.41) is 18.1. The van der Waals surface area contributed by atoms with Crippen molar-refractivity contribution in [2.45, 2.75) is 13.5 Å². The molecule has 0 amide bonds. The van der Waals surface area contributed by atoms with Crippen LogP contribution in [-0.2, 0) is 6.54 Å². The third-order valence-electron chi connectivity index (χ3n) is 3.36. The molecule has 0 unspecified atom stereocenters. The van der Waals surface area contributed by atoms with Crippen LogP contribution in [0.5, 0.6) is 0 Å². The van der Waals surface area contributed by atoms with Gasteiger partial charge in [-0.15, -0.1) is 0 Å². The van der Waals surface area contributed by atoms with Crippen LogP contribution in [0.15, 0.2) is 42.5 Å². The minimum absolute atomic E-state index is 0.273. The standard InChI is InChI=1S/C17H16N2O2/c1-12-4-3-5-15(10-18)16(12)19(2)11-13-6-8-14(9-7-13)17(20)21/h3-9H,11H2,1-2H3,(H,20,21). The van der Waals surface area contributed by atoms with E-state index in [-0.39, 0.29) is 5.56 Å². The minimum atomic E-state index is -0.930. The summed E-state index contributed by atoms with van der Waals surface area (Å²) in [7, 11) is 1.92. The third-order valence-corrected chi connectivity index (χ3v) is 3.36. The van der Waals surface area contributed by atoms with Crippen molar-refractivity contribution in [3.05, 3.63) is 64.7 Å². The second kappa shape index (κ2) is 6.10. The molecule has 0 fully saturated rings. The zero-order valence-corrected chi connectivity index (χ0v) is 12.0. The molecule has 0 saturated heterocycles. The first-order chi connectivity index (χ1) is 10.0. The zero-order chi connectivity index (χ0) is 15.4. The summed E-state index contributed by atoms with van der Waals surface area (Å²) in [6.45, 7) is 2.58. The summed E-state index contributed by atoms with van der Waals surface area (Å²) in [6.07, 6.45) is 0. The van der Waals surface area contributed by atoms with Crippen LogP contribution in [0.4, 0.5) is 5.69 Å². The maximum atomic E-state index is 10.8. The van der Waals surface area contributed by atoms with E-state index in [0.717, 1.165) is 16.8 Å². The van der Waals surface area contributed by atoms with Gasteiger partial charge in [-0.1, -0.05) is 24.3 Å². The van der Waals surface area contributed by atoms with E-state index in [2.05, 4.69) is 6.07 Å². The average Bonchev–Trinajstić information content (AvgIpc) is 2.47. The summed E-state index contributed by atoms with van der Waals surface area (Å²) in [4.78, 5) is 12.8. The highest BCUT2D eigenvalue weighted by atomic mass is 16.4. The lowest BCUT2D eigenvalue weighted by molar-refractivity contribution is 0.0697. The van der Waals surface area contributed by atoms with Gasteiger partial charge in [0.05, 0.1) is 16.8 Å². The van der Waals surface area contributed by atoms with Crippen LogP contribution in [-0.4, -0.2) is 18.1 Å². The Morgan fingerprint density at radius 1 is 1.24 bits per heavy atom. The molecular weight excluding hydrogens is 264 g/mol. The molecular formula is C17H16N2O2. The number of benzene rings is 2. The molecule has 0 aromatic heterocycles. The molecule has 0 heterocycles. The number of hydrogen-bond donors (Lipinski definition) is 1. The second-order valence-corrected chi connectivity index (χ2v) is 4.94. The van der Waals surface area contributed by atoms with Crippen LogP contribution in [0.1, 0.15) is 27.0 Å². The number of nitrogens with zero attached hydrogens (tertiary/aromatic N) is 2. The molecule has 0 aliphatic carbocycles. The highest BCUT2D eigenvalue weighted by Crippen LogP contribution is 2.25. The van der Waals surface area contributed by atoms with Crippen molar-refractivity contribution in [2.75, 3.05) is 11.9 Å². The molecule has 1 N–H and O–H groups in total. The summed E-state index contributed by atoms with van der Waals surface area (Å²) in [5.74, 6) is -0.930. The molecule has 0 atom stereocenters. The van der Waals surface area contributed by atoms with Gasteiger partial charge in [0.2, 0.25) is 0 Å². The van der Waals surface area contributed by atoms with Gasteiger partial charge < -0.3 is 10.0 Å². The number of rotatable bonds is 4. The van der Waals surface area contributed by atoms with Gasteiger partial charge in [-0.3, -0.25) is 0 Å². The normalized spacial score (nSPS) is 9.95. The van der Waals surface area contributed by atoms with Crippen LogP contribution in [0.3, 0.4) is 0 Å². The third kappa shape index (κ3) is 3.21. The number of hydrogen-bond acceptors (Lipinski definition) is 3. The van der Waals surface area contributed by atoms with Crippen molar-refractivity contribution in [3.8, 4) is 6.07 Å². The predicted octanol–water partition coefficient (Wildman–Crippen LogP) is 3.20. The van der Waals surface area contributed by atoms with Gasteiger partial charge in [0.1, 0.15) is 6.07 Å². The zero-order valence-electron chi connectivity index (χ0n) is 12.0. The minimum Gasteiger partial charge on any atom is -0.478 e. The van der Waals surface area contributed by atoms with Gasteiger partial charge in [0.25, 0.3) is 0 Å². The molecule has 2 aromatic carbocycles. The van der Waals surface area contributed by atoms with Crippen molar-refractivity contribution < 1.29 is 9.90 Å². The van der Waals surface area contributed by atoms with Crippen molar-refractivity contribution in [2.24, 2.45) is 0 Å². The van der Waals surface area contributed by atoms with E-state index in [0.29, 0.717) is 12.1 Å². The number of carboxylic acids is 1. The van der Waals surface area contributed by atoms with Gasteiger partial charge in [0.15, 0.2) is 0 Å². The van der Waals surface area contributed by atoms with Crippen LogP contribution in [0.25, 0.3) is 0 Å². The Kier molecular flexibility index (Phi) is 4.24. The number of carbonyl (C=O) groups is 1. The molecule has 0 spiro atoms. The Morgan fingerprint density at radius 3 is 2.48 bits per heavy atom. The molecule has 21 heavy (non-hydrogen) atoms. The topological polar surface area (TPSA) is 64.3 Å². The average molecular weight is 280 g/mol. The first kappa shape index (κ1) is 14.6. The smallest absolute Gasteiger partial charge is 0.335 e. The number of carboxylic acid groups (broad SMARTS) is 1. The number of anilines is 1. The molecule has 106 valence electrons. The Balaban J connectivity index is 2.24. The van der Waals surface area contributed by atoms with Crippen LogP contribution >= 0.6 is 0 Å². The Bertz CT molecular complexity index is 700. The Morgan fingerprint density at radius 2 is 1.90 bits per heavy atom. The molecule has 2 rings (SSSR count). The van der Waals surface area contributed by atoms with Crippen molar-refractivity contribution in [1.82, 2.24) is 0 Å². The first-order valence-corrected chi connectivity index (χ1v) is 6.56. The lowest BCUT2D eigenvalue weighted by Crippen LogP contribution is -2.18. The maximum Gasteiger partial charge on any atom is 0.335 e. The van der Waals surface area contributed by atoms with E-state index in [1.54, 1.807) is 30.3 Å². The lowest BCUT2D eigenvalue weighted by Gasteiger charge is -2.22. The molecule has 4 heteroatoms. The first-order valence-electron chi connectivity index (χ1n) is 6.56. The summed E-state index contributed by atoms with van der Waals surface area (Å²) >= 11 is 0. The monoisotopic (exact) mass is 280 g/mol. The fraction of sp³-hybridized carbons (Fsp3) is 0.176. The maximum absolute atomic E-state index is 10.8. The quantitative estimate of drug-likeness (QED) is 0.934. The molecule has 0 aliphatic heterocycles. The fourth-order valence-electron chi connectivity index (χ4n) is 2.36. The molecule has 2 aromatic rings. The van der Waals surface area contributed by atoms with E-state index >= 15 is 0 Å². The van der Waals surface area contributed by atoms with E-state index in [4.69, 9.17) is 5.11 Å². The Labute approximate surface area is 123 Å².